The molecule has 2 rings (SSSR count). The highest BCUT2D eigenvalue weighted by molar-refractivity contribution is 5.15. The number of morpholine rings is 1. The lowest BCUT2D eigenvalue weighted by molar-refractivity contribution is -0.0408. The largest absolute Gasteiger partial charge is 0.374 e. The quantitative estimate of drug-likeness (QED) is 0.852. The van der Waals surface area contributed by atoms with Gasteiger partial charge >= 0.3 is 0 Å². The third-order valence-corrected chi connectivity index (χ3v) is 3.19. The zero-order chi connectivity index (χ0) is 12.1. The lowest BCUT2D eigenvalue weighted by atomic mass is 10.0. The van der Waals surface area contributed by atoms with Gasteiger partial charge < -0.3 is 10.5 Å². The number of nitrogens with two attached hydrogens (primary N) is 1. The molecule has 2 atom stereocenters. The average molecular weight is 235 g/mol. The first-order valence-electron chi connectivity index (χ1n) is 6.30. The minimum Gasteiger partial charge on any atom is -0.374 e. The molecule has 94 valence electrons. The van der Waals surface area contributed by atoms with Crippen LogP contribution in [-0.2, 0) is 4.74 Å². The molecule has 17 heavy (non-hydrogen) atoms. The van der Waals surface area contributed by atoms with E-state index in [0.29, 0.717) is 0 Å². The van der Waals surface area contributed by atoms with Gasteiger partial charge in [0.2, 0.25) is 0 Å². The summed E-state index contributed by atoms with van der Waals surface area (Å²) >= 11 is 0. The van der Waals surface area contributed by atoms with Crippen molar-refractivity contribution in [2.24, 2.45) is 5.73 Å². The number of ether oxygens (including phenoxy) is 1. The molecule has 1 saturated heterocycles. The predicted octanol–water partition coefficient (Wildman–Crippen LogP) is 1.19. The molecule has 4 nitrogen and oxygen atoms in total. The van der Waals surface area contributed by atoms with Gasteiger partial charge in [-0.2, -0.15) is 0 Å². The molecule has 0 spiro atoms. The maximum atomic E-state index is 6.24. The number of hydrogen-bond acceptors (Lipinski definition) is 4. The summed E-state index contributed by atoms with van der Waals surface area (Å²) in [5.74, 6) is 0. The Hall–Kier alpha value is -0.970. The van der Waals surface area contributed by atoms with E-state index in [1.807, 2.05) is 18.3 Å². The van der Waals surface area contributed by atoms with Crippen LogP contribution in [0.1, 0.15) is 24.9 Å². The Balaban J connectivity index is 1.97. The Bertz CT molecular complexity index is 329. The van der Waals surface area contributed by atoms with Gasteiger partial charge in [0.1, 0.15) is 0 Å². The van der Waals surface area contributed by atoms with Gasteiger partial charge in [-0.3, -0.25) is 9.88 Å². The van der Waals surface area contributed by atoms with Gasteiger partial charge in [-0.15, -0.1) is 0 Å². The van der Waals surface area contributed by atoms with Crippen molar-refractivity contribution in [2.45, 2.75) is 25.5 Å². The molecule has 1 aliphatic rings. The molecule has 2 N–H and O–H groups in total. The van der Waals surface area contributed by atoms with Gasteiger partial charge in [0.25, 0.3) is 0 Å². The standard InChI is InChI=1S/C13H21N3O/c1-2-6-16-7-8-17-12(10-16)13(14)11-4-3-5-15-9-11/h3-5,9,12-13H,2,6-8,10,14H2,1H3. The van der Waals surface area contributed by atoms with Gasteiger partial charge in [0.05, 0.1) is 18.8 Å². The van der Waals surface area contributed by atoms with Crippen molar-refractivity contribution < 1.29 is 4.74 Å². The van der Waals surface area contributed by atoms with Crippen LogP contribution in [0.5, 0.6) is 0 Å². The Labute approximate surface area is 103 Å². The van der Waals surface area contributed by atoms with Crippen LogP contribution in [0.3, 0.4) is 0 Å². The molecule has 1 aliphatic heterocycles. The van der Waals surface area contributed by atoms with Crippen LogP contribution in [0.15, 0.2) is 24.5 Å². The molecule has 2 heterocycles. The third-order valence-electron chi connectivity index (χ3n) is 3.19. The smallest absolute Gasteiger partial charge is 0.0895 e. The van der Waals surface area contributed by atoms with E-state index in [2.05, 4.69) is 16.8 Å². The first kappa shape index (κ1) is 12.5. The third kappa shape index (κ3) is 3.25. The molecule has 0 saturated carbocycles. The van der Waals surface area contributed by atoms with Crippen LogP contribution in [0, 0.1) is 0 Å². The minimum atomic E-state index is -0.0802. The SMILES string of the molecule is CCCN1CCOC(C(N)c2cccnc2)C1. The van der Waals surface area contributed by atoms with Crippen molar-refractivity contribution >= 4 is 0 Å². The second kappa shape index (κ2) is 6.10. The summed E-state index contributed by atoms with van der Waals surface area (Å²) in [6.45, 7) is 6.04. The molecular weight excluding hydrogens is 214 g/mol. The highest BCUT2D eigenvalue weighted by Gasteiger charge is 2.26. The Kier molecular flexibility index (Phi) is 4.48. The van der Waals surface area contributed by atoms with Crippen LogP contribution in [0.25, 0.3) is 0 Å². The summed E-state index contributed by atoms with van der Waals surface area (Å²) in [5.41, 5.74) is 7.29. The summed E-state index contributed by atoms with van der Waals surface area (Å²) in [4.78, 5) is 6.53. The average Bonchev–Trinajstić information content (AvgIpc) is 2.40. The van der Waals surface area contributed by atoms with Crippen molar-refractivity contribution in [3.63, 3.8) is 0 Å². The van der Waals surface area contributed by atoms with Crippen molar-refractivity contribution in [2.75, 3.05) is 26.2 Å². The molecular formula is C13H21N3O. The molecule has 1 aromatic rings. The zero-order valence-electron chi connectivity index (χ0n) is 10.4. The fraction of sp³-hybridized carbons (Fsp3) is 0.615. The van der Waals surface area contributed by atoms with Crippen LogP contribution in [0.4, 0.5) is 0 Å². The van der Waals surface area contributed by atoms with E-state index in [9.17, 15) is 0 Å². The first-order chi connectivity index (χ1) is 8.31. The topological polar surface area (TPSA) is 51.4 Å². The fourth-order valence-electron chi connectivity index (χ4n) is 2.26. The number of aromatic nitrogens is 1. The molecule has 0 amide bonds. The van der Waals surface area contributed by atoms with Crippen molar-refractivity contribution in [3.8, 4) is 0 Å². The summed E-state index contributed by atoms with van der Waals surface area (Å²) in [6, 6.07) is 3.85. The lowest BCUT2D eigenvalue weighted by Gasteiger charge is -2.35. The van der Waals surface area contributed by atoms with Gasteiger partial charge in [-0.25, -0.2) is 0 Å². The Morgan fingerprint density at radius 1 is 1.65 bits per heavy atom. The van der Waals surface area contributed by atoms with Gasteiger partial charge in [-0.05, 0) is 24.6 Å². The lowest BCUT2D eigenvalue weighted by Crippen LogP contribution is -2.47. The molecule has 2 unspecified atom stereocenters. The van der Waals surface area contributed by atoms with Crippen molar-refractivity contribution in [1.82, 2.24) is 9.88 Å². The Morgan fingerprint density at radius 3 is 3.24 bits per heavy atom. The monoisotopic (exact) mass is 235 g/mol. The summed E-state index contributed by atoms with van der Waals surface area (Å²) < 4.78 is 5.78. The van der Waals surface area contributed by atoms with Gasteiger partial charge in [0, 0.05) is 25.5 Å². The first-order valence-corrected chi connectivity index (χ1v) is 6.30. The molecule has 0 aromatic carbocycles. The Morgan fingerprint density at radius 2 is 2.53 bits per heavy atom. The van der Waals surface area contributed by atoms with E-state index < -0.39 is 0 Å². The summed E-state index contributed by atoms with van der Waals surface area (Å²) in [6.07, 6.45) is 4.85. The number of rotatable bonds is 4. The molecule has 0 aliphatic carbocycles. The van der Waals surface area contributed by atoms with Crippen LogP contribution < -0.4 is 5.73 Å². The van der Waals surface area contributed by atoms with Gasteiger partial charge in [0.15, 0.2) is 0 Å². The van der Waals surface area contributed by atoms with Crippen molar-refractivity contribution in [3.05, 3.63) is 30.1 Å². The predicted molar refractivity (Wildman–Crippen MR) is 67.6 cm³/mol. The maximum absolute atomic E-state index is 6.24. The second-order valence-electron chi connectivity index (χ2n) is 4.52. The fourth-order valence-corrected chi connectivity index (χ4v) is 2.26. The van der Waals surface area contributed by atoms with Gasteiger partial charge in [-0.1, -0.05) is 13.0 Å². The molecule has 0 radical (unpaired) electrons. The highest BCUT2D eigenvalue weighted by atomic mass is 16.5. The molecule has 4 heteroatoms. The van der Waals surface area contributed by atoms with E-state index in [4.69, 9.17) is 10.5 Å². The number of pyridine rings is 1. The van der Waals surface area contributed by atoms with Crippen LogP contribution >= 0.6 is 0 Å². The number of nitrogens with zero attached hydrogens (tertiary/aromatic N) is 2. The van der Waals surface area contributed by atoms with E-state index in [1.54, 1.807) is 6.20 Å². The zero-order valence-corrected chi connectivity index (χ0v) is 10.4. The van der Waals surface area contributed by atoms with E-state index in [-0.39, 0.29) is 12.1 Å². The summed E-state index contributed by atoms with van der Waals surface area (Å²) in [5, 5.41) is 0. The number of hydrogen-bond donors (Lipinski definition) is 1. The van der Waals surface area contributed by atoms with Crippen molar-refractivity contribution in [1.29, 1.82) is 0 Å². The van der Waals surface area contributed by atoms with E-state index >= 15 is 0 Å². The summed E-state index contributed by atoms with van der Waals surface area (Å²) in [7, 11) is 0. The highest BCUT2D eigenvalue weighted by Crippen LogP contribution is 2.19. The normalized spacial score (nSPS) is 23.5. The maximum Gasteiger partial charge on any atom is 0.0895 e. The van der Waals surface area contributed by atoms with Crippen LogP contribution in [0.2, 0.25) is 0 Å². The molecule has 1 aromatic heterocycles. The van der Waals surface area contributed by atoms with Crippen LogP contribution in [-0.4, -0.2) is 42.2 Å². The minimum absolute atomic E-state index is 0.0802. The second-order valence-corrected chi connectivity index (χ2v) is 4.52. The van der Waals surface area contributed by atoms with E-state index in [0.717, 1.165) is 31.8 Å². The molecule has 1 fully saturated rings. The van der Waals surface area contributed by atoms with E-state index in [1.165, 1.54) is 6.42 Å². The molecule has 0 bridgehead atoms.